The van der Waals surface area contributed by atoms with Gasteiger partial charge in [-0.25, -0.2) is 4.79 Å². The van der Waals surface area contributed by atoms with E-state index in [9.17, 15) is 4.79 Å². The molecule has 134 valence electrons. The Morgan fingerprint density at radius 1 is 1.17 bits per heavy atom. The number of unbranched alkanes of at least 4 members (excludes halogenated alkanes) is 1. The molecule has 1 amide bonds. The maximum absolute atomic E-state index is 11.8. The number of benzene rings is 1. The molecule has 1 aromatic carbocycles. The number of carbonyl (C=O) groups is 1. The van der Waals surface area contributed by atoms with Crippen molar-refractivity contribution in [3.63, 3.8) is 0 Å². The van der Waals surface area contributed by atoms with Crippen LogP contribution < -0.4 is 5.32 Å². The fraction of sp³-hybridized carbons (Fsp3) is 0.650. The van der Waals surface area contributed by atoms with Crippen molar-refractivity contribution in [2.24, 2.45) is 0 Å². The molecule has 1 N–H and O–H groups in total. The monoisotopic (exact) mass is 332 g/mol. The molecular formula is C20H32N2O2. The number of carbonyl (C=O) groups excluding carboxylic acids is 1. The van der Waals surface area contributed by atoms with Crippen LogP contribution in [0.5, 0.6) is 0 Å². The first-order valence-electron chi connectivity index (χ1n) is 9.18. The molecular weight excluding hydrogens is 300 g/mol. The molecule has 4 heteroatoms. The third kappa shape index (κ3) is 7.35. The number of aryl methyl sites for hydroxylation is 1. The van der Waals surface area contributed by atoms with Gasteiger partial charge in [0.25, 0.3) is 0 Å². The van der Waals surface area contributed by atoms with Crippen LogP contribution in [0.25, 0.3) is 0 Å². The van der Waals surface area contributed by atoms with Crippen molar-refractivity contribution in [2.45, 2.75) is 64.5 Å². The molecule has 0 spiro atoms. The highest BCUT2D eigenvalue weighted by Crippen LogP contribution is 2.13. The van der Waals surface area contributed by atoms with Crippen LogP contribution >= 0.6 is 0 Å². The van der Waals surface area contributed by atoms with Gasteiger partial charge in [-0.15, -0.1) is 0 Å². The quantitative estimate of drug-likeness (QED) is 0.801. The maximum atomic E-state index is 11.8. The number of alkyl carbamates (subject to hydrolysis) is 1. The Bertz CT molecular complexity index is 488. The molecule has 0 bridgehead atoms. The van der Waals surface area contributed by atoms with Crippen molar-refractivity contribution in [3.8, 4) is 0 Å². The molecule has 2 rings (SSSR count). The topological polar surface area (TPSA) is 41.6 Å². The summed E-state index contributed by atoms with van der Waals surface area (Å²) in [5.74, 6) is 0. The van der Waals surface area contributed by atoms with Crippen molar-refractivity contribution < 1.29 is 9.53 Å². The highest BCUT2D eigenvalue weighted by molar-refractivity contribution is 5.68. The van der Waals surface area contributed by atoms with Gasteiger partial charge in [0.2, 0.25) is 0 Å². The largest absolute Gasteiger partial charge is 0.444 e. The lowest BCUT2D eigenvalue weighted by molar-refractivity contribution is 0.0479. The van der Waals surface area contributed by atoms with E-state index in [0.717, 1.165) is 38.9 Å². The Labute approximate surface area is 146 Å². The zero-order valence-corrected chi connectivity index (χ0v) is 15.4. The standard InChI is InChI=1S/C20H32N2O2/c1-20(2,3)24-19(23)21-18-12-15-22(16-13-18)14-8-7-11-17-9-5-4-6-10-17/h4-6,9-10,18H,7-8,11-16H2,1-3H3,(H,21,23). The third-order valence-corrected chi connectivity index (χ3v) is 4.34. The molecule has 4 nitrogen and oxygen atoms in total. The van der Waals surface area contributed by atoms with Gasteiger partial charge in [0.15, 0.2) is 0 Å². The SMILES string of the molecule is CC(C)(C)OC(=O)NC1CCN(CCCCc2ccccc2)CC1. The fourth-order valence-electron chi connectivity index (χ4n) is 3.08. The smallest absolute Gasteiger partial charge is 0.407 e. The van der Waals surface area contributed by atoms with Crippen LogP contribution in [0.4, 0.5) is 4.79 Å². The highest BCUT2D eigenvalue weighted by Gasteiger charge is 2.23. The second kappa shape index (κ2) is 9.07. The number of amides is 1. The molecule has 1 saturated heterocycles. The van der Waals surface area contributed by atoms with Crippen LogP contribution in [0.2, 0.25) is 0 Å². The summed E-state index contributed by atoms with van der Waals surface area (Å²) in [7, 11) is 0. The normalized spacial score (nSPS) is 16.8. The molecule has 24 heavy (non-hydrogen) atoms. The van der Waals surface area contributed by atoms with E-state index in [1.54, 1.807) is 0 Å². The van der Waals surface area contributed by atoms with Gasteiger partial charge in [-0.05, 0) is 65.0 Å². The Morgan fingerprint density at radius 2 is 1.83 bits per heavy atom. The summed E-state index contributed by atoms with van der Waals surface area (Å²) in [5.41, 5.74) is 1.00. The molecule has 0 aliphatic carbocycles. The number of likely N-dealkylation sites (tertiary alicyclic amines) is 1. The number of hydrogen-bond acceptors (Lipinski definition) is 3. The number of ether oxygens (including phenoxy) is 1. The van der Waals surface area contributed by atoms with Gasteiger partial charge in [-0.3, -0.25) is 0 Å². The second-order valence-electron chi connectivity index (χ2n) is 7.70. The summed E-state index contributed by atoms with van der Waals surface area (Å²) in [4.78, 5) is 14.3. The van der Waals surface area contributed by atoms with Gasteiger partial charge < -0.3 is 15.0 Å². The van der Waals surface area contributed by atoms with Crippen molar-refractivity contribution in [3.05, 3.63) is 35.9 Å². The molecule has 0 radical (unpaired) electrons. The molecule has 1 fully saturated rings. The Hall–Kier alpha value is -1.55. The molecule has 0 atom stereocenters. The van der Waals surface area contributed by atoms with Gasteiger partial charge in [0.05, 0.1) is 0 Å². The summed E-state index contributed by atoms with van der Waals surface area (Å²) in [6.07, 6.45) is 5.37. The van der Waals surface area contributed by atoms with E-state index in [4.69, 9.17) is 4.74 Å². The minimum Gasteiger partial charge on any atom is -0.444 e. The van der Waals surface area contributed by atoms with E-state index in [1.807, 2.05) is 20.8 Å². The molecule has 0 aromatic heterocycles. The van der Waals surface area contributed by atoms with Gasteiger partial charge in [-0.2, -0.15) is 0 Å². The van der Waals surface area contributed by atoms with Gasteiger partial charge in [0, 0.05) is 19.1 Å². The number of nitrogens with zero attached hydrogens (tertiary/aromatic N) is 1. The van der Waals surface area contributed by atoms with Crippen LogP contribution in [0, 0.1) is 0 Å². The van der Waals surface area contributed by atoms with Crippen LogP contribution in [-0.2, 0) is 11.2 Å². The fourth-order valence-corrected chi connectivity index (χ4v) is 3.08. The maximum Gasteiger partial charge on any atom is 0.407 e. The first-order valence-corrected chi connectivity index (χ1v) is 9.18. The minimum absolute atomic E-state index is 0.250. The minimum atomic E-state index is -0.427. The van der Waals surface area contributed by atoms with Crippen LogP contribution in [0.1, 0.15) is 52.0 Å². The van der Waals surface area contributed by atoms with Crippen LogP contribution in [0.3, 0.4) is 0 Å². The van der Waals surface area contributed by atoms with Gasteiger partial charge in [0.1, 0.15) is 5.60 Å². The van der Waals surface area contributed by atoms with Crippen LogP contribution in [0.15, 0.2) is 30.3 Å². The molecule has 1 aliphatic heterocycles. The van der Waals surface area contributed by atoms with E-state index in [1.165, 1.54) is 18.4 Å². The van der Waals surface area contributed by atoms with Crippen molar-refractivity contribution in [1.82, 2.24) is 10.2 Å². The Balaban J connectivity index is 1.57. The summed E-state index contributed by atoms with van der Waals surface area (Å²) < 4.78 is 5.33. The van der Waals surface area contributed by atoms with E-state index in [0.29, 0.717) is 0 Å². The van der Waals surface area contributed by atoms with Gasteiger partial charge in [-0.1, -0.05) is 30.3 Å². The number of hydrogen-bond donors (Lipinski definition) is 1. The van der Waals surface area contributed by atoms with E-state index < -0.39 is 5.60 Å². The van der Waals surface area contributed by atoms with E-state index in [2.05, 4.69) is 40.5 Å². The third-order valence-electron chi connectivity index (χ3n) is 4.34. The van der Waals surface area contributed by atoms with Crippen LogP contribution in [-0.4, -0.2) is 42.3 Å². The Kier molecular flexibility index (Phi) is 7.10. The van der Waals surface area contributed by atoms with Gasteiger partial charge >= 0.3 is 6.09 Å². The summed E-state index contributed by atoms with van der Waals surface area (Å²) in [6.45, 7) is 8.96. The average molecular weight is 332 g/mol. The lowest BCUT2D eigenvalue weighted by Crippen LogP contribution is -2.46. The predicted octanol–water partition coefficient (Wildman–Crippen LogP) is 4.00. The summed E-state index contributed by atoms with van der Waals surface area (Å²) in [6, 6.07) is 10.9. The van der Waals surface area contributed by atoms with E-state index >= 15 is 0 Å². The zero-order valence-electron chi connectivity index (χ0n) is 15.4. The molecule has 1 heterocycles. The second-order valence-corrected chi connectivity index (χ2v) is 7.70. The molecule has 1 aliphatic rings. The lowest BCUT2D eigenvalue weighted by Gasteiger charge is -2.32. The first-order chi connectivity index (χ1) is 11.4. The number of nitrogens with one attached hydrogen (secondary N) is 1. The van der Waals surface area contributed by atoms with E-state index in [-0.39, 0.29) is 12.1 Å². The van der Waals surface area contributed by atoms with Crippen molar-refractivity contribution in [1.29, 1.82) is 0 Å². The molecule has 1 aromatic rings. The highest BCUT2D eigenvalue weighted by atomic mass is 16.6. The summed E-state index contributed by atoms with van der Waals surface area (Å²) in [5, 5.41) is 3.00. The predicted molar refractivity (Wildman–Crippen MR) is 98.2 cm³/mol. The average Bonchev–Trinajstić information content (AvgIpc) is 2.52. The lowest BCUT2D eigenvalue weighted by atomic mass is 10.0. The number of rotatable bonds is 6. The first kappa shape index (κ1) is 18.8. The molecule has 0 unspecified atom stereocenters. The van der Waals surface area contributed by atoms with Crippen molar-refractivity contribution >= 4 is 6.09 Å². The van der Waals surface area contributed by atoms with Crippen molar-refractivity contribution in [2.75, 3.05) is 19.6 Å². The Morgan fingerprint density at radius 3 is 2.46 bits per heavy atom. The zero-order chi connectivity index (χ0) is 17.4. The molecule has 0 saturated carbocycles. The summed E-state index contributed by atoms with van der Waals surface area (Å²) >= 11 is 0. The number of piperidine rings is 1.